The van der Waals surface area contributed by atoms with Gasteiger partial charge in [0.05, 0.1) is 6.42 Å². The summed E-state index contributed by atoms with van der Waals surface area (Å²) in [4.78, 5) is 32.3. The summed E-state index contributed by atoms with van der Waals surface area (Å²) in [6.45, 7) is 1.88. The van der Waals surface area contributed by atoms with Crippen LogP contribution in [0.5, 0.6) is 0 Å². The third kappa shape index (κ3) is 8.38. The van der Waals surface area contributed by atoms with Crippen LogP contribution in [0.1, 0.15) is 19.8 Å². The fraction of sp³-hybridized carbons (Fsp3) is 0.667. The van der Waals surface area contributed by atoms with Crippen LogP contribution in [0.15, 0.2) is 0 Å². The van der Waals surface area contributed by atoms with E-state index >= 15 is 0 Å². The molecule has 3 amide bonds. The van der Waals surface area contributed by atoms with Crippen LogP contribution in [0, 0.1) is 0 Å². The maximum atomic E-state index is 11.1. The molecule has 0 aromatic heterocycles. The van der Waals surface area contributed by atoms with Gasteiger partial charge in [0.2, 0.25) is 5.91 Å². The lowest BCUT2D eigenvalue weighted by Gasteiger charge is -2.10. The second-order valence-corrected chi connectivity index (χ2v) is 5.26. The maximum Gasteiger partial charge on any atom is 0.321 e. The van der Waals surface area contributed by atoms with Crippen LogP contribution in [0.25, 0.3) is 0 Å². The van der Waals surface area contributed by atoms with Crippen LogP contribution < -0.4 is 10.6 Å². The highest BCUT2D eigenvalue weighted by atomic mass is 32.2. The van der Waals surface area contributed by atoms with E-state index in [1.807, 2.05) is 5.32 Å². The molecule has 0 saturated heterocycles. The Kier molecular flexibility index (Phi) is 7.11. The Morgan fingerprint density at radius 3 is 2.35 bits per heavy atom. The van der Waals surface area contributed by atoms with E-state index in [9.17, 15) is 18.6 Å². The van der Waals surface area contributed by atoms with E-state index in [0.29, 0.717) is 0 Å². The predicted octanol–water partition coefficient (Wildman–Crippen LogP) is -0.556. The summed E-state index contributed by atoms with van der Waals surface area (Å²) in [5.74, 6) is -1.76. The van der Waals surface area contributed by atoms with Crippen molar-refractivity contribution in [1.29, 1.82) is 0 Å². The molecule has 3 N–H and O–H groups in total. The molecule has 0 radical (unpaired) electrons. The molecule has 0 bridgehead atoms. The monoisotopic (exact) mass is 264 g/mol. The smallest absolute Gasteiger partial charge is 0.321 e. The Balaban J connectivity index is 3.82. The van der Waals surface area contributed by atoms with E-state index in [1.54, 1.807) is 6.92 Å². The molecule has 2 atom stereocenters. The summed E-state index contributed by atoms with van der Waals surface area (Å²) in [6, 6.07) is -0.710. The Morgan fingerprint density at radius 1 is 1.29 bits per heavy atom. The molecule has 0 saturated carbocycles. The number of carboxylic acids is 1. The number of aliphatic carboxylic acids is 1. The van der Waals surface area contributed by atoms with Gasteiger partial charge in [-0.2, -0.15) is 0 Å². The van der Waals surface area contributed by atoms with Gasteiger partial charge >= 0.3 is 12.0 Å². The summed E-state index contributed by atoms with van der Waals surface area (Å²) < 4.78 is 11.0. The van der Waals surface area contributed by atoms with Gasteiger partial charge in [0.25, 0.3) is 0 Å². The summed E-state index contributed by atoms with van der Waals surface area (Å²) in [5, 5.41) is 12.5. The van der Waals surface area contributed by atoms with Crippen LogP contribution >= 0.6 is 0 Å². The van der Waals surface area contributed by atoms with Crippen molar-refractivity contribution < 1.29 is 23.7 Å². The van der Waals surface area contributed by atoms with E-state index < -0.39 is 28.7 Å². The number of carbonyl (C=O) groups excluding carboxylic acids is 2. The van der Waals surface area contributed by atoms with Gasteiger partial charge in [-0.3, -0.25) is 19.1 Å². The predicted molar refractivity (Wildman–Crippen MR) is 61.9 cm³/mol. The molecular formula is C9H16N2O5S. The van der Waals surface area contributed by atoms with Gasteiger partial charge in [0.15, 0.2) is 0 Å². The zero-order valence-electron chi connectivity index (χ0n) is 9.69. The average molecular weight is 264 g/mol. The van der Waals surface area contributed by atoms with Gasteiger partial charge in [-0.15, -0.1) is 0 Å². The Hall–Kier alpha value is -1.44. The number of carbonyl (C=O) groups is 3. The molecule has 0 aliphatic carbocycles. The number of hydrogen-bond acceptors (Lipinski definition) is 4. The third-order valence-corrected chi connectivity index (χ3v) is 3.24. The number of nitrogens with one attached hydrogen (secondary N) is 2. The molecule has 8 heteroatoms. The maximum absolute atomic E-state index is 11.1. The number of amides is 3. The number of carboxylic acid groups (broad SMARTS) is 1. The fourth-order valence-corrected chi connectivity index (χ4v) is 1.13. The van der Waals surface area contributed by atoms with Crippen molar-refractivity contribution in [3.63, 3.8) is 0 Å². The van der Waals surface area contributed by atoms with Crippen LogP contribution in [-0.2, 0) is 20.4 Å². The van der Waals surface area contributed by atoms with E-state index in [-0.39, 0.29) is 24.6 Å². The molecule has 0 heterocycles. The van der Waals surface area contributed by atoms with Crippen LogP contribution in [-0.4, -0.2) is 45.3 Å². The minimum Gasteiger partial charge on any atom is -0.481 e. The topological polar surface area (TPSA) is 113 Å². The van der Waals surface area contributed by atoms with Gasteiger partial charge in [0.1, 0.15) is 0 Å². The Morgan fingerprint density at radius 2 is 1.88 bits per heavy atom. The second kappa shape index (κ2) is 7.77. The first kappa shape index (κ1) is 15.6. The lowest BCUT2D eigenvalue weighted by atomic mass is 10.3. The lowest BCUT2D eigenvalue weighted by molar-refractivity contribution is -0.138. The van der Waals surface area contributed by atoms with Crippen LogP contribution in [0.2, 0.25) is 0 Å². The highest BCUT2D eigenvalue weighted by Gasteiger charge is 2.11. The normalized spacial score (nSPS) is 13.5. The number of urea groups is 1. The summed E-state index contributed by atoms with van der Waals surface area (Å²) in [6.07, 6.45) is 0.939. The third-order valence-electron chi connectivity index (χ3n) is 1.94. The van der Waals surface area contributed by atoms with E-state index in [0.717, 1.165) is 0 Å². The van der Waals surface area contributed by atoms with Crippen LogP contribution in [0.3, 0.4) is 0 Å². The molecular weight excluding hydrogens is 248 g/mol. The standard InChI is InChI=1S/C9H16N2O5S/c1-6(17(2)16)5-10-9(15)11-7(12)3-4-8(13)14/h6H,3-5H2,1-2H3,(H,13,14)(H2,10,11,12,15). The average Bonchev–Trinajstić information content (AvgIpc) is 2.22. The summed E-state index contributed by atoms with van der Waals surface area (Å²) >= 11 is 0. The molecule has 0 aliphatic heterocycles. The van der Waals surface area contributed by atoms with Crippen molar-refractivity contribution in [1.82, 2.24) is 10.6 Å². The first-order valence-electron chi connectivity index (χ1n) is 4.94. The molecule has 98 valence electrons. The van der Waals surface area contributed by atoms with E-state index in [4.69, 9.17) is 5.11 Å². The fourth-order valence-electron chi connectivity index (χ4n) is 0.808. The highest BCUT2D eigenvalue weighted by Crippen LogP contribution is 1.90. The molecule has 0 aliphatic rings. The van der Waals surface area contributed by atoms with Gasteiger partial charge in [0, 0.05) is 35.3 Å². The van der Waals surface area contributed by atoms with Crippen LogP contribution in [0.4, 0.5) is 4.79 Å². The van der Waals surface area contributed by atoms with E-state index in [1.165, 1.54) is 6.26 Å². The highest BCUT2D eigenvalue weighted by molar-refractivity contribution is 7.84. The van der Waals surface area contributed by atoms with Crippen molar-refractivity contribution in [3.05, 3.63) is 0 Å². The van der Waals surface area contributed by atoms with Crippen molar-refractivity contribution in [2.75, 3.05) is 12.8 Å². The minimum atomic E-state index is -1.10. The van der Waals surface area contributed by atoms with Gasteiger partial charge in [-0.25, -0.2) is 4.79 Å². The zero-order valence-corrected chi connectivity index (χ0v) is 10.5. The quantitative estimate of drug-likeness (QED) is 0.595. The summed E-state index contributed by atoms with van der Waals surface area (Å²) in [7, 11) is -1.05. The number of imide groups is 1. The first-order valence-corrected chi connectivity index (χ1v) is 6.56. The van der Waals surface area contributed by atoms with Crippen molar-refractivity contribution in [3.8, 4) is 0 Å². The second-order valence-electron chi connectivity index (χ2n) is 3.46. The Bertz CT molecular complexity index is 331. The number of hydrogen-bond donors (Lipinski definition) is 3. The van der Waals surface area contributed by atoms with Gasteiger partial charge in [-0.05, 0) is 6.92 Å². The molecule has 17 heavy (non-hydrogen) atoms. The lowest BCUT2D eigenvalue weighted by Crippen LogP contribution is -2.42. The SMILES string of the molecule is CC(CNC(=O)NC(=O)CCC(=O)O)S(C)=O. The molecule has 0 aromatic carbocycles. The largest absolute Gasteiger partial charge is 0.481 e. The molecule has 0 fully saturated rings. The molecule has 0 aromatic rings. The zero-order chi connectivity index (χ0) is 13.4. The van der Waals surface area contributed by atoms with Gasteiger partial charge < -0.3 is 10.4 Å². The van der Waals surface area contributed by atoms with Crippen molar-refractivity contribution in [2.24, 2.45) is 0 Å². The molecule has 0 rings (SSSR count). The van der Waals surface area contributed by atoms with E-state index in [2.05, 4.69) is 5.32 Å². The first-order chi connectivity index (χ1) is 7.82. The summed E-state index contributed by atoms with van der Waals surface area (Å²) in [5.41, 5.74) is 0. The molecule has 2 unspecified atom stereocenters. The molecule has 7 nitrogen and oxygen atoms in total. The Labute approximate surface area is 101 Å². The number of rotatable bonds is 6. The molecule has 0 spiro atoms. The van der Waals surface area contributed by atoms with Crippen molar-refractivity contribution in [2.45, 2.75) is 25.0 Å². The van der Waals surface area contributed by atoms with Gasteiger partial charge in [-0.1, -0.05) is 0 Å². The van der Waals surface area contributed by atoms with Crippen molar-refractivity contribution >= 4 is 28.7 Å². The minimum absolute atomic E-state index is 0.182.